The number of para-hydroxylation sites is 1. The van der Waals surface area contributed by atoms with E-state index in [0.717, 1.165) is 5.56 Å². The smallest absolute Gasteiger partial charge is 0.200 e. The fourth-order valence-corrected chi connectivity index (χ4v) is 3.82. The highest BCUT2D eigenvalue weighted by Crippen LogP contribution is 2.28. The van der Waals surface area contributed by atoms with E-state index in [1.165, 1.54) is 12.3 Å². The van der Waals surface area contributed by atoms with Gasteiger partial charge in [-0.1, -0.05) is 18.2 Å². The molecule has 152 valence electrons. The van der Waals surface area contributed by atoms with Crippen LogP contribution in [0.4, 0.5) is 5.88 Å². The van der Waals surface area contributed by atoms with Crippen molar-refractivity contribution >= 4 is 26.7 Å². The summed E-state index contributed by atoms with van der Waals surface area (Å²) in [6.45, 7) is 2.70. The van der Waals surface area contributed by atoms with Gasteiger partial charge in [0, 0.05) is 25.4 Å². The molecule has 1 aliphatic heterocycles. The molecule has 4 rings (SSSR count). The van der Waals surface area contributed by atoms with Gasteiger partial charge in [0.25, 0.3) is 0 Å². The quantitative estimate of drug-likeness (QED) is 0.633. The zero-order valence-electron chi connectivity index (χ0n) is 16.0. The summed E-state index contributed by atoms with van der Waals surface area (Å²) in [5, 5.41) is 0.451. The lowest BCUT2D eigenvalue weighted by Crippen LogP contribution is -2.36. The van der Waals surface area contributed by atoms with Gasteiger partial charge >= 0.3 is 0 Å². The van der Waals surface area contributed by atoms with Crippen molar-refractivity contribution in [3.8, 4) is 5.75 Å². The molecule has 1 aromatic heterocycles. The summed E-state index contributed by atoms with van der Waals surface area (Å²) in [7, 11) is -3.24. The Balaban J connectivity index is 1.61. The number of fused-ring (bicyclic) bond motifs is 1. The van der Waals surface area contributed by atoms with Crippen molar-refractivity contribution in [2.24, 2.45) is 0 Å². The maximum absolute atomic E-state index is 12.6. The number of sulfone groups is 1. The molecule has 0 aliphatic carbocycles. The fraction of sp³-hybridized carbons (Fsp3) is 0.286. The van der Waals surface area contributed by atoms with Crippen LogP contribution in [0.25, 0.3) is 11.0 Å². The van der Waals surface area contributed by atoms with Gasteiger partial charge in [0.05, 0.1) is 23.5 Å². The van der Waals surface area contributed by atoms with E-state index in [4.69, 9.17) is 13.9 Å². The fourth-order valence-electron chi connectivity index (χ4n) is 3.19. The highest BCUT2D eigenvalue weighted by molar-refractivity contribution is 7.90. The third-order valence-electron chi connectivity index (χ3n) is 4.77. The highest BCUT2D eigenvalue weighted by Gasteiger charge is 2.17. The summed E-state index contributed by atoms with van der Waals surface area (Å²) in [5.41, 5.74) is 1.08. The number of hydrogen-bond acceptors (Lipinski definition) is 7. The summed E-state index contributed by atoms with van der Waals surface area (Å²) in [6, 6.07) is 13.2. The Bertz CT molecular complexity index is 1180. The molecule has 0 saturated carbocycles. The minimum atomic E-state index is -3.24. The zero-order chi connectivity index (χ0) is 20.4. The van der Waals surface area contributed by atoms with Crippen LogP contribution in [-0.2, 0) is 21.2 Å². The number of ether oxygens (including phenoxy) is 2. The molecular formula is C21H21NO6S. The summed E-state index contributed by atoms with van der Waals surface area (Å²) in [4.78, 5) is 14.8. The van der Waals surface area contributed by atoms with E-state index in [1.54, 1.807) is 42.5 Å². The van der Waals surface area contributed by atoms with Crippen LogP contribution in [0, 0.1) is 0 Å². The van der Waals surface area contributed by atoms with Crippen LogP contribution >= 0.6 is 0 Å². The minimum absolute atomic E-state index is 0.129. The van der Waals surface area contributed by atoms with Crippen LogP contribution in [0.1, 0.15) is 5.56 Å². The van der Waals surface area contributed by atoms with E-state index in [-0.39, 0.29) is 16.9 Å². The Labute approximate surface area is 168 Å². The molecule has 0 unspecified atom stereocenters. The van der Waals surface area contributed by atoms with Crippen molar-refractivity contribution in [1.29, 1.82) is 0 Å². The van der Waals surface area contributed by atoms with E-state index in [0.29, 0.717) is 48.9 Å². The minimum Gasteiger partial charge on any atom is -0.485 e. The maximum Gasteiger partial charge on any atom is 0.200 e. The second-order valence-electron chi connectivity index (χ2n) is 6.89. The first-order chi connectivity index (χ1) is 13.9. The third kappa shape index (κ3) is 4.28. The van der Waals surface area contributed by atoms with Gasteiger partial charge in [-0.2, -0.15) is 0 Å². The molecule has 2 heterocycles. The highest BCUT2D eigenvalue weighted by atomic mass is 32.2. The Morgan fingerprint density at radius 3 is 2.48 bits per heavy atom. The van der Waals surface area contributed by atoms with Crippen molar-refractivity contribution in [1.82, 2.24) is 0 Å². The molecule has 0 atom stereocenters. The van der Waals surface area contributed by atoms with Gasteiger partial charge in [-0.25, -0.2) is 8.42 Å². The predicted molar refractivity (Wildman–Crippen MR) is 109 cm³/mol. The Kier molecular flexibility index (Phi) is 5.29. The molecule has 0 bridgehead atoms. The molecule has 8 heteroatoms. The Morgan fingerprint density at radius 2 is 1.79 bits per heavy atom. The lowest BCUT2D eigenvalue weighted by molar-refractivity contribution is 0.120. The van der Waals surface area contributed by atoms with Crippen molar-refractivity contribution in [2.45, 2.75) is 11.5 Å². The van der Waals surface area contributed by atoms with Gasteiger partial charge in [0.2, 0.25) is 0 Å². The molecule has 29 heavy (non-hydrogen) atoms. The SMILES string of the molecule is CS(=O)(=O)c1ccc(COc2cccc3c(=O)cc(N4CCOCC4)oc23)cc1. The second kappa shape index (κ2) is 7.88. The molecule has 0 spiro atoms. The normalized spacial score (nSPS) is 14.9. The standard InChI is InChI=1S/C21H21NO6S/c1-29(24,25)16-7-5-15(6-8-16)14-27-19-4-2-3-17-18(23)13-20(28-21(17)19)22-9-11-26-12-10-22/h2-8,13H,9-12,14H2,1H3. The van der Waals surface area contributed by atoms with Crippen LogP contribution < -0.4 is 15.1 Å². The van der Waals surface area contributed by atoms with Crippen molar-refractivity contribution < 1.29 is 22.3 Å². The van der Waals surface area contributed by atoms with Crippen LogP contribution in [0.15, 0.2) is 62.6 Å². The summed E-state index contributed by atoms with van der Waals surface area (Å²) >= 11 is 0. The number of nitrogens with zero attached hydrogens (tertiary/aromatic N) is 1. The van der Waals surface area contributed by atoms with Crippen LogP contribution in [0.5, 0.6) is 5.75 Å². The van der Waals surface area contributed by atoms with Gasteiger partial charge in [0.15, 0.2) is 32.5 Å². The topological polar surface area (TPSA) is 86.1 Å². The van der Waals surface area contributed by atoms with Crippen molar-refractivity contribution in [3.63, 3.8) is 0 Å². The molecule has 0 N–H and O–H groups in total. The summed E-state index contributed by atoms with van der Waals surface area (Å²) < 4.78 is 40.4. The first-order valence-corrected chi connectivity index (χ1v) is 11.1. The van der Waals surface area contributed by atoms with Crippen molar-refractivity contribution in [3.05, 3.63) is 64.3 Å². The predicted octanol–water partition coefficient (Wildman–Crippen LogP) is 2.61. The number of anilines is 1. The Hall–Kier alpha value is -2.84. The van der Waals surface area contributed by atoms with Gasteiger partial charge in [-0.05, 0) is 29.8 Å². The van der Waals surface area contributed by atoms with Gasteiger partial charge < -0.3 is 18.8 Å². The van der Waals surface area contributed by atoms with Gasteiger partial charge in [0.1, 0.15) is 6.61 Å². The molecule has 1 fully saturated rings. The van der Waals surface area contributed by atoms with Crippen LogP contribution in [0.2, 0.25) is 0 Å². The lowest BCUT2D eigenvalue weighted by atomic mass is 10.2. The largest absolute Gasteiger partial charge is 0.485 e. The second-order valence-corrected chi connectivity index (χ2v) is 8.90. The molecule has 1 saturated heterocycles. The van der Waals surface area contributed by atoms with Crippen LogP contribution in [-0.4, -0.2) is 41.0 Å². The number of morpholine rings is 1. The lowest BCUT2D eigenvalue weighted by Gasteiger charge is -2.27. The first-order valence-electron chi connectivity index (χ1n) is 9.23. The zero-order valence-corrected chi connectivity index (χ0v) is 16.8. The molecule has 1 aliphatic rings. The molecule has 0 radical (unpaired) electrons. The third-order valence-corrected chi connectivity index (χ3v) is 5.90. The molecule has 0 amide bonds. The maximum atomic E-state index is 12.6. The molecule has 7 nitrogen and oxygen atoms in total. The number of rotatable bonds is 5. The average Bonchev–Trinajstić information content (AvgIpc) is 2.72. The Morgan fingerprint density at radius 1 is 1.07 bits per heavy atom. The van der Waals surface area contributed by atoms with Gasteiger partial charge in [-0.3, -0.25) is 4.79 Å². The summed E-state index contributed by atoms with van der Waals surface area (Å²) in [6.07, 6.45) is 1.17. The van der Waals surface area contributed by atoms with E-state index >= 15 is 0 Å². The number of benzene rings is 2. The number of hydrogen-bond donors (Lipinski definition) is 0. The van der Waals surface area contributed by atoms with Gasteiger partial charge in [-0.15, -0.1) is 0 Å². The summed E-state index contributed by atoms with van der Waals surface area (Å²) in [5.74, 6) is 0.959. The van der Waals surface area contributed by atoms with E-state index in [2.05, 4.69) is 0 Å². The van der Waals surface area contributed by atoms with E-state index in [1.807, 2.05) is 4.90 Å². The van der Waals surface area contributed by atoms with E-state index < -0.39 is 9.84 Å². The van der Waals surface area contributed by atoms with E-state index in [9.17, 15) is 13.2 Å². The first kappa shape index (κ1) is 19.5. The average molecular weight is 415 g/mol. The molecule has 3 aromatic rings. The van der Waals surface area contributed by atoms with Crippen molar-refractivity contribution in [2.75, 3.05) is 37.5 Å². The monoisotopic (exact) mass is 415 g/mol. The van der Waals surface area contributed by atoms with Crippen LogP contribution in [0.3, 0.4) is 0 Å². The molecule has 2 aromatic carbocycles. The molecular weight excluding hydrogens is 394 g/mol.